The van der Waals surface area contributed by atoms with E-state index in [1.165, 1.54) is 12.1 Å². The molecule has 0 aromatic heterocycles. The summed E-state index contributed by atoms with van der Waals surface area (Å²) in [6.07, 6.45) is 1.57. The van der Waals surface area contributed by atoms with E-state index in [4.69, 9.17) is 24.1 Å². The first-order chi connectivity index (χ1) is 17.2. The Kier molecular flexibility index (Phi) is 9.75. The molecule has 4 rings (SSSR count). The van der Waals surface area contributed by atoms with Crippen LogP contribution in [0, 0.1) is 17.6 Å². The summed E-state index contributed by atoms with van der Waals surface area (Å²) in [5.74, 6) is 0.197. The number of piperidine rings is 1. The topological polar surface area (TPSA) is 71.5 Å². The van der Waals surface area contributed by atoms with Gasteiger partial charge in [-0.25, -0.2) is 8.78 Å². The molecule has 9 heteroatoms. The molecule has 0 saturated carbocycles. The molecular weight excluding hydrogens is 470 g/mol. The minimum Gasteiger partial charge on any atom is -0.494 e. The maximum atomic E-state index is 14.8. The maximum Gasteiger partial charge on any atom is 0.300 e. The molecule has 0 aliphatic carbocycles. The van der Waals surface area contributed by atoms with Gasteiger partial charge in [0.2, 0.25) is 0 Å². The minimum atomic E-state index is -0.833. The van der Waals surface area contributed by atoms with E-state index in [1.54, 1.807) is 25.3 Å². The minimum absolute atomic E-state index is 0.0284. The standard InChI is InChI=1S/C25H32F2N2O3.C2H4O2/c1-4-31-19-5-7-21(26)24(14-19)28-11-9-18(10-12-28)32-20-6-8-23(22(27)13-20)29-15-17(2)25(16-29)30-3;1-2(3)4/h5-8,13-14,17-18,25H,4,9-12,15-16H2,1-3H3;1H3,(H,3,4)/t17?,25-;/m0./s1. The Hall–Kier alpha value is -3.07. The number of rotatable bonds is 7. The number of methoxy groups -OCH3 is 1. The first-order valence-corrected chi connectivity index (χ1v) is 12.3. The lowest BCUT2D eigenvalue weighted by atomic mass is 10.1. The van der Waals surface area contributed by atoms with Crippen molar-refractivity contribution < 1.29 is 32.9 Å². The van der Waals surface area contributed by atoms with Crippen molar-refractivity contribution in [1.82, 2.24) is 0 Å². The summed E-state index contributed by atoms with van der Waals surface area (Å²) in [4.78, 5) is 13.0. The smallest absolute Gasteiger partial charge is 0.300 e. The van der Waals surface area contributed by atoms with Gasteiger partial charge in [0.15, 0.2) is 0 Å². The first kappa shape index (κ1) is 27.5. The Morgan fingerprint density at radius 1 is 1.00 bits per heavy atom. The second-order valence-corrected chi connectivity index (χ2v) is 9.14. The quantitative estimate of drug-likeness (QED) is 0.568. The van der Waals surface area contributed by atoms with Gasteiger partial charge in [-0.1, -0.05) is 6.92 Å². The Labute approximate surface area is 211 Å². The number of hydrogen-bond donors (Lipinski definition) is 1. The van der Waals surface area contributed by atoms with Crippen molar-refractivity contribution >= 4 is 17.3 Å². The van der Waals surface area contributed by atoms with E-state index in [0.717, 1.165) is 26.3 Å². The SMILES string of the molecule is CC(=O)O.CCOc1ccc(F)c(N2CCC(Oc3ccc(N4CC(C)[C@@H](OC)C4)c(F)c3)CC2)c1. The number of carbonyl (C=O) groups is 1. The van der Waals surface area contributed by atoms with Crippen LogP contribution in [0.2, 0.25) is 0 Å². The van der Waals surface area contributed by atoms with Crippen LogP contribution in [-0.4, -0.2) is 63.2 Å². The van der Waals surface area contributed by atoms with Crippen LogP contribution in [0.4, 0.5) is 20.2 Å². The lowest BCUT2D eigenvalue weighted by molar-refractivity contribution is -0.134. The molecule has 1 N–H and O–H groups in total. The number of hydrogen-bond acceptors (Lipinski definition) is 6. The van der Waals surface area contributed by atoms with Crippen LogP contribution in [0.5, 0.6) is 11.5 Å². The molecule has 0 spiro atoms. The summed E-state index contributed by atoms with van der Waals surface area (Å²) in [6, 6.07) is 9.94. The van der Waals surface area contributed by atoms with Gasteiger partial charge in [-0.05, 0) is 31.2 Å². The number of aliphatic carboxylic acids is 1. The third-order valence-electron chi connectivity index (χ3n) is 6.42. The van der Waals surface area contributed by atoms with E-state index in [1.807, 2.05) is 22.8 Å². The summed E-state index contributed by atoms with van der Waals surface area (Å²) in [5.41, 5.74) is 1.14. The number of nitrogens with zero attached hydrogens (tertiary/aromatic N) is 2. The molecule has 36 heavy (non-hydrogen) atoms. The molecule has 2 saturated heterocycles. The van der Waals surface area contributed by atoms with E-state index in [9.17, 15) is 8.78 Å². The molecule has 7 nitrogen and oxygen atoms in total. The number of carboxylic acids is 1. The van der Waals surface area contributed by atoms with Crippen LogP contribution >= 0.6 is 0 Å². The molecule has 2 atom stereocenters. The average Bonchev–Trinajstić information content (AvgIpc) is 3.21. The van der Waals surface area contributed by atoms with E-state index in [-0.39, 0.29) is 23.8 Å². The molecule has 2 heterocycles. The lowest BCUT2D eigenvalue weighted by Crippen LogP contribution is -2.38. The average molecular weight is 507 g/mol. The molecular formula is C27H36F2N2O5. The molecule has 198 valence electrons. The number of ether oxygens (including phenoxy) is 3. The van der Waals surface area contributed by atoms with Crippen molar-refractivity contribution in [1.29, 1.82) is 0 Å². The van der Waals surface area contributed by atoms with Crippen LogP contribution in [0.3, 0.4) is 0 Å². The van der Waals surface area contributed by atoms with Gasteiger partial charge in [-0.2, -0.15) is 0 Å². The molecule has 2 aliphatic rings. The molecule has 0 amide bonds. The molecule has 2 aromatic rings. The zero-order valence-electron chi connectivity index (χ0n) is 21.4. The third-order valence-corrected chi connectivity index (χ3v) is 6.42. The monoisotopic (exact) mass is 506 g/mol. The molecule has 2 fully saturated rings. The number of carboxylic acid groups (broad SMARTS) is 1. The Morgan fingerprint density at radius 3 is 2.25 bits per heavy atom. The van der Waals surface area contributed by atoms with Gasteiger partial charge in [-0.3, -0.25) is 4.79 Å². The number of benzene rings is 2. The highest BCUT2D eigenvalue weighted by Crippen LogP contribution is 2.32. The second kappa shape index (κ2) is 12.8. The van der Waals surface area contributed by atoms with Gasteiger partial charge in [-0.15, -0.1) is 0 Å². The fraction of sp³-hybridized carbons (Fsp3) is 0.519. The summed E-state index contributed by atoms with van der Waals surface area (Å²) in [5, 5.41) is 7.42. The van der Waals surface area contributed by atoms with Crippen LogP contribution in [0.25, 0.3) is 0 Å². The third kappa shape index (κ3) is 7.22. The van der Waals surface area contributed by atoms with Crippen molar-refractivity contribution in [2.24, 2.45) is 5.92 Å². The summed E-state index contributed by atoms with van der Waals surface area (Å²) in [7, 11) is 1.70. The molecule has 2 aliphatic heterocycles. The van der Waals surface area contributed by atoms with Crippen molar-refractivity contribution in [2.45, 2.75) is 45.8 Å². The zero-order valence-corrected chi connectivity index (χ0v) is 21.4. The van der Waals surface area contributed by atoms with Crippen LogP contribution in [0.15, 0.2) is 36.4 Å². The van der Waals surface area contributed by atoms with Gasteiger partial charge < -0.3 is 29.1 Å². The molecule has 0 radical (unpaired) electrons. The highest BCUT2D eigenvalue weighted by Gasteiger charge is 2.31. The van der Waals surface area contributed by atoms with Gasteiger partial charge in [0, 0.05) is 71.1 Å². The Balaban J connectivity index is 0.000000840. The van der Waals surface area contributed by atoms with Crippen LogP contribution in [0.1, 0.15) is 33.6 Å². The van der Waals surface area contributed by atoms with E-state index in [2.05, 4.69) is 6.92 Å². The van der Waals surface area contributed by atoms with Gasteiger partial charge in [0.1, 0.15) is 29.2 Å². The fourth-order valence-electron chi connectivity index (χ4n) is 4.66. The van der Waals surface area contributed by atoms with Crippen LogP contribution in [-0.2, 0) is 9.53 Å². The Morgan fingerprint density at radius 2 is 1.67 bits per heavy atom. The summed E-state index contributed by atoms with van der Waals surface area (Å²) >= 11 is 0. The highest BCUT2D eigenvalue weighted by molar-refractivity contribution is 5.63. The number of halogens is 2. The molecule has 0 bridgehead atoms. The number of anilines is 2. The first-order valence-electron chi connectivity index (χ1n) is 12.3. The molecule has 2 aromatic carbocycles. The summed E-state index contributed by atoms with van der Waals surface area (Å²) < 4.78 is 46.2. The van der Waals surface area contributed by atoms with E-state index in [0.29, 0.717) is 55.0 Å². The Bertz CT molecular complexity index is 1010. The van der Waals surface area contributed by atoms with Gasteiger partial charge in [0.05, 0.1) is 24.1 Å². The maximum absolute atomic E-state index is 14.8. The van der Waals surface area contributed by atoms with Gasteiger partial charge in [0.25, 0.3) is 5.97 Å². The molecule has 1 unspecified atom stereocenters. The zero-order chi connectivity index (χ0) is 26.2. The second-order valence-electron chi connectivity index (χ2n) is 9.14. The van der Waals surface area contributed by atoms with Gasteiger partial charge >= 0.3 is 0 Å². The largest absolute Gasteiger partial charge is 0.494 e. The lowest BCUT2D eigenvalue weighted by Gasteiger charge is -2.34. The van der Waals surface area contributed by atoms with Crippen molar-refractivity contribution in [3.63, 3.8) is 0 Å². The highest BCUT2D eigenvalue weighted by atomic mass is 19.1. The predicted molar refractivity (Wildman–Crippen MR) is 135 cm³/mol. The van der Waals surface area contributed by atoms with E-state index < -0.39 is 5.97 Å². The van der Waals surface area contributed by atoms with E-state index >= 15 is 0 Å². The van der Waals surface area contributed by atoms with Crippen LogP contribution < -0.4 is 19.3 Å². The summed E-state index contributed by atoms with van der Waals surface area (Å²) in [6.45, 7) is 8.45. The van der Waals surface area contributed by atoms with Crippen molar-refractivity contribution in [3.05, 3.63) is 48.0 Å². The van der Waals surface area contributed by atoms with Crippen molar-refractivity contribution in [2.75, 3.05) is 49.7 Å². The fourth-order valence-corrected chi connectivity index (χ4v) is 4.66. The normalized spacial score (nSPS) is 20.1. The van der Waals surface area contributed by atoms with Crippen molar-refractivity contribution in [3.8, 4) is 11.5 Å². The predicted octanol–water partition coefficient (Wildman–Crippen LogP) is 4.97.